The maximum absolute atomic E-state index is 9.88. The largest absolute Gasteiger partial charge is 0.497 e. The lowest BCUT2D eigenvalue weighted by Gasteiger charge is -2.08. The predicted octanol–water partition coefficient (Wildman–Crippen LogP) is 4.82. The second kappa shape index (κ2) is 7.35. The summed E-state index contributed by atoms with van der Waals surface area (Å²) in [5.74, 6) is 1.61. The van der Waals surface area contributed by atoms with Gasteiger partial charge in [0.05, 0.1) is 31.4 Å². The lowest BCUT2D eigenvalue weighted by molar-refractivity contribution is 0.281. The Morgan fingerprint density at radius 3 is 2.28 bits per heavy atom. The fourth-order valence-electron chi connectivity index (χ4n) is 2.51. The monoisotopic (exact) mass is 379 g/mol. The highest BCUT2D eigenvalue weighted by Crippen LogP contribution is 2.38. The number of nitrogens with zero attached hydrogens (tertiary/aromatic N) is 1. The van der Waals surface area contributed by atoms with Crippen LogP contribution in [0.3, 0.4) is 0 Å². The SMILES string of the molecule is COc1cc(OC)cc(-c2onc(-c3ccc(Cl)cc3Cl)c2CO)c1. The van der Waals surface area contributed by atoms with Gasteiger partial charge in [-0.15, -0.1) is 0 Å². The van der Waals surface area contributed by atoms with Crippen LogP contribution in [0.15, 0.2) is 40.9 Å². The number of benzene rings is 2. The van der Waals surface area contributed by atoms with E-state index in [-0.39, 0.29) is 6.61 Å². The molecule has 0 spiro atoms. The maximum atomic E-state index is 9.88. The van der Waals surface area contributed by atoms with E-state index in [1.54, 1.807) is 50.6 Å². The summed E-state index contributed by atoms with van der Waals surface area (Å²) >= 11 is 12.2. The van der Waals surface area contributed by atoms with Crippen molar-refractivity contribution in [3.8, 4) is 34.1 Å². The molecule has 130 valence electrons. The van der Waals surface area contributed by atoms with Gasteiger partial charge in [-0.1, -0.05) is 28.4 Å². The van der Waals surface area contributed by atoms with Gasteiger partial charge in [0.15, 0.2) is 5.76 Å². The van der Waals surface area contributed by atoms with Crippen LogP contribution in [0, 0.1) is 0 Å². The van der Waals surface area contributed by atoms with Crippen molar-refractivity contribution in [1.82, 2.24) is 5.16 Å². The molecule has 0 saturated heterocycles. The number of aliphatic hydroxyl groups is 1. The average molecular weight is 380 g/mol. The molecule has 0 bridgehead atoms. The first-order valence-corrected chi connectivity index (χ1v) is 8.11. The Kier molecular flexibility index (Phi) is 5.18. The number of aromatic nitrogens is 1. The molecular weight excluding hydrogens is 365 g/mol. The summed E-state index contributed by atoms with van der Waals surface area (Å²) in [7, 11) is 3.12. The van der Waals surface area contributed by atoms with Gasteiger partial charge in [-0.05, 0) is 30.3 Å². The number of ether oxygens (including phenoxy) is 2. The zero-order valence-electron chi connectivity index (χ0n) is 13.5. The highest BCUT2D eigenvalue weighted by Gasteiger charge is 2.21. The van der Waals surface area contributed by atoms with Gasteiger partial charge in [0.1, 0.15) is 17.2 Å². The number of aliphatic hydroxyl groups excluding tert-OH is 1. The van der Waals surface area contributed by atoms with Crippen molar-refractivity contribution in [3.63, 3.8) is 0 Å². The molecule has 0 fully saturated rings. The van der Waals surface area contributed by atoms with Crippen LogP contribution in [0.4, 0.5) is 0 Å². The van der Waals surface area contributed by atoms with Crippen molar-refractivity contribution in [2.75, 3.05) is 14.2 Å². The molecule has 0 aliphatic rings. The topological polar surface area (TPSA) is 64.7 Å². The fourth-order valence-corrected chi connectivity index (χ4v) is 3.01. The van der Waals surface area contributed by atoms with Crippen LogP contribution in [0.25, 0.3) is 22.6 Å². The summed E-state index contributed by atoms with van der Waals surface area (Å²) in [5, 5.41) is 14.9. The van der Waals surface area contributed by atoms with Crippen LogP contribution in [0.1, 0.15) is 5.56 Å². The first-order valence-electron chi connectivity index (χ1n) is 7.35. The van der Waals surface area contributed by atoms with Crippen molar-refractivity contribution in [1.29, 1.82) is 0 Å². The van der Waals surface area contributed by atoms with Gasteiger partial charge >= 0.3 is 0 Å². The maximum Gasteiger partial charge on any atom is 0.173 e. The third-order valence-electron chi connectivity index (χ3n) is 3.75. The van der Waals surface area contributed by atoms with E-state index in [2.05, 4.69) is 5.16 Å². The number of hydrogen-bond acceptors (Lipinski definition) is 5. The van der Waals surface area contributed by atoms with Gasteiger partial charge in [0, 0.05) is 22.2 Å². The van der Waals surface area contributed by atoms with Crippen LogP contribution in [0.2, 0.25) is 10.0 Å². The highest BCUT2D eigenvalue weighted by molar-refractivity contribution is 6.36. The Hall–Kier alpha value is -2.21. The molecule has 1 aromatic heterocycles. The summed E-state index contributed by atoms with van der Waals surface area (Å²) in [4.78, 5) is 0. The van der Waals surface area contributed by atoms with Crippen molar-refractivity contribution >= 4 is 23.2 Å². The second-order valence-corrected chi connectivity index (χ2v) is 6.07. The van der Waals surface area contributed by atoms with E-state index in [4.69, 9.17) is 37.2 Å². The predicted molar refractivity (Wildman–Crippen MR) is 96.4 cm³/mol. The zero-order chi connectivity index (χ0) is 18.0. The van der Waals surface area contributed by atoms with Crippen LogP contribution in [-0.2, 0) is 6.61 Å². The van der Waals surface area contributed by atoms with Gasteiger partial charge < -0.3 is 19.1 Å². The summed E-state index contributed by atoms with van der Waals surface area (Å²) < 4.78 is 16.1. The molecule has 0 atom stereocenters. The Balaban J connectivity index is 2.15. The van der Waals surface area contributed by atoms with Gasteiger partial charge in [-0.25, -0.2) is 0 Å². The molecule has 1 N–H and O–H groups in total. The Morgan fingerprint density at radius 1 is 1.04 bits per heavy atom. The third-order valence-corrected chi connectivity index (χ3v) is 4.29. The van der Waals surface area contributed by atoms with E-state index in [0.29, 0.717) is 49.7 Å². The molecule has 0 radical (unpaired) electrons. The first-order chi connectivity index (χ1) is 12.1. The summed E-state index contributed by atoms with van der Waals surface area (Å²) in [6, 6.07) is 10.3. The molecule has 7 heteroatoms. The van der Waals surface area contributed by atoms with E-state index >= 15 is 0 Å². The normalized spacial score (nSPS) is 10.8. The molecule has 0 unspecified atom stereocenters. The summed E-state index contributed by atoms with van der Waals surface area (Å²) in [6.45, 7) is -0.271. The van der Waals surface area contributed by atoms with Crippen molar-refractivity contribution in [2.45, 2.75) is 6.61 Å². The summed E-state index contributed by atoms with van der Waals surface area (Å²) in [5.41, 5.74) is 2.27. The van der Waals surface area contributed by atoms with E-state index < -0.39 is 0 Å². The fraction of sp³-hybridized carbons (Fsp3) is 0.167. The molecule has 1 heterocycles. The first kappa shape index (κ1) is 17.6. The minimum Gasteiger partial charge on any atom is -0.497 e. The Labute approximate surface area is 154 Å². The van der Waals surface area contributed by atoms with Gasteiger partial charge in [-0.2, -0.15) is 0 Å². The Bertz CT molecular complexity index is 886. The summed E-state index contributed by atoms with van der Waals surface area (Å²) in [6.07, 6.45) is 0. The van der Waals surface area contributed by atoms with E-state index in [0.717, 1.165) is 0 Å². The lowest BCUT2D eigenvalue weighted by Crippen LogP contribution is -1.92. The zero-order valence-corrected chi connectivity index (χ0v) is 15.1. The quantitative estimate of drug-likeness (QED) is 0.687. The number of rotatable bonds is 5. The average Bonchev–Trinajstić information content (AvgIpc) is 3.04. The third kappa shape index (κ3) is 3.44. The highest BCUT2D eigenvalue weighted by atomic mass is 35.5. The molecule has 0 amide bonds. The molecule has 25 heavy (non-hydrogen) atoms. The second-order valence-electron chi connectivity index (χ2n) is 5.22. The molecule has 3 aromatic rings. The van der Waals surface area contributed by atoms with Crippen molar-refractivity contribution in [3.05, 3.63) is 52.0 Å². The molecule has 5 nitrogen and oxygen atoms in total. The van der Waals surface area contributed by atoms with Crippen LogP contribution >= 0.6 is 23.2 Å². The van der Waals surface area contributed by atoms with Crippen LogP contribution in [0.5, 0.6) is 11.5 Å². The molecule has 0 aliphatic heterocycles. The van der Waals surface area contributed by atoms with Gasteiger partial charge in [-0.3, -0.25) is 0 Å². The molecule has 2 aromatic carbocycles. The van der Waals surface area contributed by atoms with Crippen LogP contribution < -0.4 is 9.47 Å². The van der Waals surface area contributed by atoms with Crippen molar-refractivity contribution in [2.24, 2.45) is 0 Å². The minimum absolute atomic E-state index is 0.271. The molecule has 3 rings (SSSR count). The smallest absolute Gasteiger partial charge is 0.173 e. The van der Waals surface area contributed by atoms with Crippen molar-refractivity contribution < 1.29 is 19.1 Å². The standard InChI is InChI=1S/C18H15Cl2NO4/c1-23-12-5-10(6-13(8-12)24-2)18-15(9-22)17(21-25-18)14-4-3-11(19)7-16(14)20/h3-8,22H,9H2,1-2H3. The van der Waals surface area contributed by atoms with Crippen LogP contribution in [-0.4, -0.2) is 24.5 Å². The minimum atomic E-state index is -0.271. The number of methoxy groups -OCH3 is 2. The Morgan fingerprint density at radius 2 is 1.72 bits per heavy atom. The van der Waals surface area contributed by atoms with Gasteiger partial charge in [0.25, 0.3) is 0 Å². The molecular formula is C18H15Cl2NO4. The lowest BCUT2D eigenvalue weighted by atomic mass is 10.0. The number of hydrogen-bond donors (Lipinski definition) is 1. The van der Waals surface area contributed by atoms with Gasteiger partial charge in [0.2, 0.25) is 0 Å². The number of halogens is 2. The van der Waals surface area contributed by atoms with E-state index in [9.17, 15) is 5.11 Å². The molecule has 0 aliphatic carbocycles. The van der Waals surface area contributed by atoms with E-state index in [1.807, 2.05) is 0 Å². The molecule has 0 saturated carbocycles. The van der Waals surface area contributed by atoms with E-state index in [1.165, 1.54) is 0 Å².